The first-order valence-corrected chi connectivity index (χ1v) is 9.34. The van der Waals surface area contributed by atoms with Gasteiger partial charge in [0.05, 0.1) is 13.2 Å². The van der Waals surface area contributed by atoms with Crippen molar-refractivity contribution >= 4 is 23.0 Å². The van der Waals surface area contributed by atoms with Crippen molar-refractivity contribution in [2.45, 2.75) is 58.3 Å². The summed E-state index contributed by atoms with van der Waals surface area (Å²) in [6.45, 7) is 2.61. The van der Waals surface area contributed by atoms with E-state index in [1.54, 1.807) is 6.92 Å². The van der Waals surface area contributed by atoms with Gasteiger partial charge in [0.1, 0.15) is 5.52 Å². The zero-order chi connectivity index (χ0) is 18.6. The highest BCUT2D eigenvalue weighted by molar-refractivity contribution is 5.72. The Balaban J connectivity index is 1.47. The van der Waals surface area contributed by atoms with Gasteiger partial charge in [-0.15, -0.1) is 0 Å². The highest BCUT2D eigenvalue weighted by Crippen LogP contribution is 2.16. The minimum Gasteiger partial charge on any atom is -0.466 e. The summed E-state index contributed by atoms with van der Waals surface area (Å²) in [5, 5.41) is 0. The van der Waals surface area contributed by atoms with Gasteiger partial charge < -0.3 is 13.9 Å². The fourth-order valence-electron chi connectivity index (χ4n) is 2.61. The predicted molar refractivity (Wildman–Crippen MR) is 97.6 cm³/mol. The van der Waals surface area contributed by atoms with Crippen LogP contribution >= 0.6 is 0 Å². The summed E-state index contributed by atoms with van der Waals surface area (Å²) >= 11 is 0. The molecule has 0 unspecified atom stereocenters. The van der Waals surface area contributed by atoms with Crippen LogP contribution in [0.25, 0.3) is 11.1 Å². The molecule has 0 radical (unpaired) electrons. The number of nitrogens with zero attached hydrogens (tertiary/aromatic N) is 1. The molecule has 0 N–H and O–H groups in total. The van der Waals surface area contributed by atoms with Gasteiger partial charge in [0.25, 0.3) is 0 Å². The monoisotopic (exact) mass is 361 g/mol. The molecule has 0 aliphatic rings. The van der Waals surface area contributed by atoms with Gasteiger partial charge in [0.15, 0.2) is 11.5 Å². The number of hydrogen-bond donors (Lipinski definition) is 0. The van der Waals surface area contributed by atoms with Gasteiger partial charge in [-0.2, -0.15) is 0 Å². The summed E-state index contributed by atoms with van der Waals surface area (Å²) in [5.74, 6) is 0.345. The zero-order valence-electron chi connectivity index (χ0n) is 15.4. The Morgan fingerprint density at radius 3 is 2.42 bits per heavy atom. The third-order valence-corrected chi connectivity index (χ3v) is 3.95. The Morgan fingerprint density at radius 2 is 1.69 bits per heavy atom. The lowest BCUT2D eigenvalue weighted by atomic mass is 10.2. The van der Waals surface area contributed by atoms with E-state index in [4.69, 9.17) is 13.9 Å². The number of unbranched alkanes of at least 4 members (excludes halogenated alkanes) is 3. The van der Waals surface area contributed by atoms with Gasteiger partial charge in [0, 0.05) is 19.3 Å². The number of aryl methyl sites for hydroxylation is 1. The first kappa shape index (κ1) is 19.9. The lowest BCUT2D eigenvalue weighted by Gasteiger charge is -2.05. The third kappa shape index (κ3) is 7.25. The molecule has 6 nitrogen and oxygen atoms in total. The van der Waals surface area contributed by atoms with Crippen LogP contribution in [0, 0.1) is 0 Å². The fourth-order valence-corrected chi connectivity index (χ4v) is 2.61. The first-order valence-electron chi connectivity index (χ1n) is 9.34. The second-order valence-corrected chi connectivity index (χ2v) is 6.12. The van der Waals surface area contributed by atoms with Gasteiger partial charge in [-0.25, -0.2) is 4.98 Å². The van der Waals surface area contributed by atoms with Gasteiger partial charge in [-0.3, -0.25) is 9.59 Å². The number of oxazole rings is 1. The van der Waals surface area contributed by atoms with Crippen LogP contribution in [0.2, 0.25) is 0 Å². The predicted octanol–water partition coefficient (Wildman–Crippen LogP) is 4.21. The number of para-hydroxylation sites is 2. The number of benzene rings is 1. The van der Waals surface area contributed by atoms with Crippen molar-refractivity contribution in [1.29, 1.82) is 0 Å². The molecule has 0 fully saturated rings. The number of carbonyl (C=O) groups excluding carboxylic acids is 2. The number of rotatable bonds is 12. The molecule has 0 bridgehead atoms. The topological polar surface area (TPSA) is 78.6 Å². The summed E-state index contributed by atoms with van der Waals surface area (Å²) in [7, 11) is 0. The molecule has 0 saturated heterocycles. The molecule has 142 valence electrons. The van der Waals surface area contributed by atoms with Gasteiger partial charge in [-0.05, 0) is 51.2 Å². The minimum absolute atomic E-state index is 0.201. The van der Waals surface area contributed by atoms with Crippen LogP contribution in [0.5, 0.6) is 0 Å². The van der Waals surface area contributed by atoms with Crippen molar-refractivity contribution in [1.82, 2.24) is 4.98 Å². The SMILES string of the molecule is CCOC(=O)CCCCC(=O)OCCCCCc1nc2ccccc2o1. The van der Waals surface area contributed by atoms with Gasteiger partial charge in [-0.1, -0.05) is 12.1 Å². The molecule has 2 aromatic rings. The highest BCUT2D eigenvalue weighted by atomic mass is 16.5. The number of fused-ring (bicyclic) bond motifs is 1. The molecule has 1 aromatic carbocycles. The number of ether oxygens (including phenoxy) is 2. The number of esters is 2. The number of aromatic nitrogens is 1. The molecule has 1 heterocycles. The lowest BCUT2D eigenvalue weighted by Crippen LogP contribution is -2.07. The van der Waals surface area contributed by atoms with Crippen LogP contribution in [-0.4, -0.2) is 30.1 Å². The van der Waals surface area contributed by atoms with E-state index in [-0.39, 0.29) is 11.9 Å². The van der Waals surface area contributed by atoms with Crippen molar-refractivity contribution in [3.8, 4) is 0 Å². The van der Waals surface area contributed by atoms with Crippen LogP contribution in [0.1, 0.15) is 57.8 Å². The summed E-state index contributed by atoms with van der Waals surface area (Å²) in [5.41, 5.74) is 1.71. The molecule has 0 aliphatic heterocycles. The molecular formula is C20H27NO5. The Morgan fingerprint density at radius 1 is 0.962 bits per heavy atom. The summed E-state index contributed by atoms with van der Waals surface area (Å²) in [6.07, 6.45) is 5.52. The summed E-state index contributed by atoms with van der Waals surface area (Å²) < 4.78 is 15.7. The van der Waals surface area contributed by atoms with E-state index in [0.29, 0.717) is 38.9 Å². The van der Waals surface area contributed by atoms with Crippen molar-refractivity contribution in [3.63, 3.8) is 0 Å². The zero-order valence-corrected chi connectivity index (χ0v) is 15.4. The standard InChI is InChI=1S/C20H27NO5/c1-2-24-19(22)13-7-8-14-20(23)25-15-9-3-4-12-18-21-16-10-5-6-11-17(16)26-18/h5-6,10-11H,2-4,7-9,12-15H2,1H3. The van der Waals surface area contributed by atoms with Crippen LogP contribution in [-0.2, 0) is 25.5 Å². The second kappa shape index (κ2) is 11.3. The van der Waals surface area contributed by atoms with E-state index in [9.17, 15) is 9.59 Å². The molecule has 1 aromatic heterocycles. The first-order chi connectivity index (χ1) is 12.7. The van der Waals surface area contributed by atoms with E-state index in [1.165, 1.54) is 0 Å². The molecule has 0 spiro atoms. The average molecular weight is 361 g/mol. The smallest absolute Gasteiger partial charge is 0.305 e. The normalized spacial score (nSPS) is 10.8. The molecule has 0 saturated carbocycles. The Bertz CT molecular complexity index is 661. The molecule has 6 heteroatoms. The van der Waals surface area contributed by atoms with E-state index >= 15 is 0 Å². The summed E-state index contributed by atoms with van der Waals surface area (Å²) in [6, 6.07) is 7.73. The molecular weight excluding hydrogens is 334 g/mol. The number of hydrogen-bond acceptors (Lipinski definition) is 6. The van der Waals surface area contributed by atoms with Crippen LogP contribution < -0.4 is 0 Å². The largest absolute Gasteiger partial charge is 0.466 e. The second-order valence-electron chi connectivity index (χ2n) is 6.12. The van der Waals surface area contributed by atoms with Crippen LogP contribution in [0.3, 0.4) is 0 Å². The molecule has 0 aliphatic carbocycles. The van der Waals surface area contributed by atoms with Gasteiger partial charge in [0.2, 0.25) is 0 Å². The van der Waals surface area contributed by atoms with Crippen LogP contribution in [0.15, 0.2) is 28.7 Å². The van der Waals surface area contributed by atoms with Gasteiger partial charge >= 0.3 is 11.9 Å². The lowest BCUT2D eigenvalue weighted by molar-refractivity contribution is -0.145. The Labute approximate surface area is 153 Å². The average Bonchev–Trinajstić information content (AvgIpc) is 3.04. The highest BCUT2D eigenvalue weighted by Gasteiger charge is 2.06. The maximum Gasteiger partial charge on any atom is 0.305 e. The maximum absolute atomic E-state index is 11.6. The Hall–Kier alpha value is -2.37. The molecule has 0 amide bonds. The van der Waals surface area contributed by atoms with Crippen molar-refractivity contribution < 1.29 is 23.5 Å². The number of carbonyl (C=O) groups is 2. The maximum atomic E-state index is 11.6. The Kier molecular flexibility index (Phi) is 8.66. The molecule has 0 atom stereocenters. The third-order valence-electron chi connectivity index (χ3n) is 3.95. The van der Waals surface area contributed by atoms with Crippen molar-refractivity contribution in [2.24, 2.45) is 0 Å². The van der Waals surface area contributed by atoms with Crippen LogP contribution in [0.4, 0.5) is 0 Å². The summed E-state index contributed by atoms with van der Waals surface area (Å²) in [4.78, 5) is 27.2. The van der Waals surface area contributed by atoms with E-state index in [0.717, 1.165) is 42.7 Å². The van der Waals surface area contributed by atoms with E-state index in [1.807, 2.05) is 24.3 Å². The molecule has 2 rings (SSSR count). The van der Waals surface area contributed by atoms with Crippen molar-refractivity contribution in [3.05, 3.63) is 30.2 Å². The quantitative estimate of drug-likeness (QED) is 0.416. The van der Waals surface area contributed by atoms with E-state index < -0.39 is 0 Å². The van der Waals surface area contributed by atoms with E-state index in [2.05, 4.69) is 4.98 Å². The minimum atomic E-state index is -0.209. The van der Waals surface area contributed by atoms with Crippen molar-refractivity contribution in [2.75, 3.05) is 13.2 Å². The molecule has 26 heavy (non-hydrogen) atoms. The fraction of sp³-hybridized carbons (Fsp3) is 0.550.